The number of aryl methyl sites for hydroxylation is 1. The van der Waals surface area contributed by atoms with Crippen LogP contribution in [0.2, 0.25) is 0 Å². The van der Waals surface area contributed by atoms with E-state index >= 15 is 0 Å². The van der Waals surface area contributed by atoms with Crippen LogP contribution in [-0.2, 0) is 11.2 Å². The molecule has 5 heteroatoms. The van der Waals surface area contributed by atoms with Crippen molar-refractivity contribution in [3.05, 3.63) is 41.0 Å². The second kappa shape index (κ2) is 10.4. The van der Waals surface area contributed by atoms with Gasteiger partial charge in [-0.2, -0.15) is 0 Å². The van der Waals surface area contributed by atoms with E-state index in [-0.39, 0.29) is 5.60 Å². The number of allylic oxidation sites excluding steroid dienone is 2. The summed E-state index contributed by atoms with van der Waals surface area (Å²) in [6.45, 7) is 8.49. The molecule has 1 aliphatic rings. The minimum Gasteiger partial charge on any atom is -0.483 e. The molecule has 1 aromatic carbocycles. The van der Waals surface area contributed by atoms with Crippen LogP contribution in [0.1, 0.15) is 70.9 Å². The van der Waals surface area contributed by atoms with Crippen LogP contribution in [0.25, 0.3) is 6.08 Å². The van der Waals surface area contributed by atoms with Crippen LogP contribution in [0, 0.1) is 0 Å². The van der Waals surface area contributed by atoms with E-state index < -0.39 is 10.7 Å². The average molecular weight is 424 g/mol. The van der Waals surface area contributed by atoms with Crippen LogP contribution in [0.5, 0.6) is 5.75 Å². The van der Waals surface area contributed by atoms with Crippen molar-refractivity contribution in [3.63, 3.8) is 0 Å². The van der Waals surface area contributed by atoms with Gasteiger partial charge in [-0.3, -0.25) is 4.79 Å². The van der Waals surface area contributed by atoms with Crippen LogP contribution in [0.4, 0.5) is 5.69 Å². The molecule has 0 aliphatic carbocycles. The Morgan fingerprint density at radius 2 is 2.04 bits per heavy atom. The summed E-state index contributed by atoms with van der Waals surface area (Å²) in [6, 6.07) is 4.10. The van der Waals surface area contributed by atoms with Crippen LogP contribution in [-0.4, -0.2) is 16.3 Å². The van der Waals surface area contributed by atoms with Gasteiger partial charge in [-0.25, -0.2) is 0 Å². The zero-order valence-corrected chi connectivity index (χ0v) is 18.8. The Balaban J connectivity index is 2.30. The van der Waals surface area contributed by atoms with E-state index in [0.29, 0.717) is 5.69 Å². The normalized spacial score (nSPS) is 17.8. The van der Waals surface area contributed by atoms with Gasteiger partial charge in [0.15, 0.2) is 4.84 Å². The summed E-state index contributed by atoms with van der Waals surface area (Å²) in [4.78, 5) is 10.9. The highest BCUT2D eigenvalue weighted by atomic mass is 35.5. The quantitative estimate of drug-likeness (QED) is 0.262. The molecule has 0 spiro atoms. The summed E-state index contributed by atoms with van der Waals surface area (Å²) < 4.78 is 6.40. The molecule has 154 valence electrons. The van der Waals surface area contributed by atoms with Crippen molar-refractivity contribution in [1.29, 1.82) is 0 Å². The number of ether oxygens (including phenoxy) is 1. The van der Waals surface area contributed by atoms with E-state index in [4.69, 9.17) is 27.9 Å². The number of carbonyl (C=O) groups excluding carboxylic acids is 1. The van der Waals surface area contributed by atoms with Gasteiger partial charge in [-0.05, 0) is 76.3 Å². The third kappa shape index (κ3) is 6.56. The maximum atomic E-state index is 12.1. The lowest BCUT2D eigenvalue weighted by atomic mass is 9.93. The third-order valence-electron chi connectivity index (χ3n) is 4.87. The Labute approximate surface area is 179 Å². The number of rotatable bonds is 9. The smallest absolute Gasteiger partial charge is 0.257 e. The SMILES string of the molecule is CCCCCc1cc(NC(=O)C(Cl)Cl)c2c(c1)OC(C)(CCC=C(C)C)C=C2. The summed E-state index contributed by atoms with van der Waals surface area (Å²) in [5.41, 5.74) is 3.64. The van der Waals surface area contributed by atoms with Crippen molar-refractivity contribution in [2.24, 2.45) is 0 Å². The van der Waals surface area contributed by atoms with Gasteiger partial charge in [0.1, 0.15) is 11.4 Å². The number of hydrogen-bond acceptors (Lipinski definition) is 2. The van der Waals surface area contributed by atoms with E-state index in [1.165, 1.54) is 12.0 Å². The summed E-state index contributed by atoms with van der Waals surface area (Å²) in [6.07, 6.45) is 12.6. The summed E-state index contributed by atoms with van der Waals surface area (Å²) in [5, 5.41) is 2.84. The first-order chi connectivity index (χ1) is 13.2. The molecule has 1 atom stereocenters. The topological polar surface area (TPSA) is 38.3 Å². The number of hydrogen-bond donors (Lipinski definition) is 1. The fourth-order valence-electron chi connectivity index (χ4n) is 3.28. The Morgan fingerprint density at radius 1 is 1.29 bits per heavy atom. The van der Waals surface area contributed by atoms with E-state index in [2.05, 4.69) is 51.2 Å². The number of amides is 1. The zero-order valence-electron chi connectivity index (χ0n) is 17.3. The molecule has 28 heavy (non-hydrogen) atoms. The van der Waals surface area contributed by atoms with Crippen molar-refractivity contribution in [3.8, 4) is 5.75 Å². The van der Waals surface area contributed by atoms with Crippen LogP contribution < -0.4 is 10.1 Å². The maximum absolute atomic E-state index is 12.1. The van der Waals surface area contributed by atoms with Crippen molar-refractivity contribution in [1.82, 2.24) is 0 Å². The molecular formula is C23H31Cl2NO2. The highest BCUT2D eigenvalue weighted by Crippen LogP contribution is 2.39. The lowest BCUT2D eigenvalue weighted by Crippen LogP contribution is -2.32. The molecule has 1 aliphatic heterocycles. The Kier molecular flexibility index (Phi) is 8.45. The summed E-state index contributed by atoms with van der Waals surface area (Å²) >= 11 is 11.5. The standard InChI is InChI=1S/C23H31Cl2NO2/c1-5-6-7-10-17-14-19(26-22(27)21(24)25)18-11-13-23(4,28-20(18)15-17)12-8-9-16(2)3/h9,11,13-15,21H,5-8,10,12H2,1-4H3,(H,26,27). The van der Waals surface area contributed by atoms with E-state index in [1.54, 1.807) is 0 Å². The molecule has 1 heterocycles. The van der Waals surface area contributed by atoms with Crippen LogP contribution >= 0.6 is 23.2 Å². The molecule has 1 unspecified atom stereocenters. The molecule has 0 bridgehead atoms. The van der Waals surface area contributed by atoms with Gasteiger partial charge < -0.3 is 10.1 Å². The molecule has 0 radical (unpaired) electrons. The van der Waals surface area contributed by atoms with Crippen LogP contribution in [0.3, 0.4) is 0 Å². The molecule has 0 aromatic heterocycles. The maximum Gasteiger partial charge on any atom is 0.257 e. The lowest BCUT2D eigenvalue weighted by Gasteiger charge is -2.32. The summed E-state index contributed by atoms with van der Waals surface area (Å²) in [7, 11) is 0. The molecule has 0 saturated heterocycles. The van der Waals surface area contributed by atoms with Crippen LogP contribution in [0.15, 0.2) is 29.9 Å². The Morgan fingerprint density at radius 3 is 2.68 bits per heavy atom. The first-order valence-corrected chi connectivity index (χ1v) is 10.9. The fourth-order valence-corrected chi connectivity index (χ4v) is 3.39. The minimum atomic E-state index is -1.11. The molecule has 0 fully saturated rings. The van der Waals surface area contributed by atoms with Gasteiger partial charge in [-0.1, -0.05) is 54.6 Å². The molecule has 1 amide bonds. The highest BCUT2D eigenvalue weighted by Gasteiger charge is 2.28. The van der Waals surface area contributed by atoms with Gasteiger partial charge >= 0.3 is 0 Å². The van der Waals surface area contributed by atoms with Crippen molar-refractivity contribution in [2.75, 3.05) is 5.32 Å². The number of halogens is 2. The predicted octanol–water partition coefficient (Wildman–Crippen LogP) is 7.07. The first-order valence-electron chi connectivity index (χ1n) is 10.0. The molecule has 1 aromatic rings. The van der Waals surface area contributed by atoms with Crippen molar-refractivity contribution in [2.45, 2.75) is 76.7 Å². The van der Waals surface area contributed by atoms with Crippen molar-refractivity contribution >= 4 is 40.9 Å². The zero-order chi connectivity index (χ0) is 20.7. The predicted molar refractivity (Wildman–Crippen MR) is 121 cm³/mol. The highest BCUT2D eigenvalue weighted by molar-refractivity contribution is 6.54. The van der Waals surface area contributed by atoms with Gasteiger partial charge in [0, 0.05) is 5.56 Å². The number of alkyl halides is 2. The fraction of sp³-hybridized carbons (Fsp3) is 0.522. The second-order valence-corrected chi connectivity index (χ2v) is 8.97. The molecule has 1 N–H and O–H groups in total. The number of fused-ring (bicyclic) bond motifs is 1. The van der Waals surface area contributed by atoms with E-state index in [9.17, 15) is 4.79 Å². The van der Waals surface area contributed by atoms with Gasteiger partial charge in [0.2, 0.25) is 0 Å². The molecule has 0 saturated carbocycles. The monoisotopic (exact) mass is 423 g/mol. The first kappa shape index (κ1) is 22.8. The van der Waals surface area contributed by atoms with Gasteiger partial charge in [0.05, 0.1) is 5.69 Å². The lowest BCUT2D eigenvalue weighted by molar-refractivity contribution is -0.114. The molecule has 2 rings (SSSR count). The Bertz CT molecular complexity index is 751. The number of benzene rings is 1. The van der Waals surface area contributed by atoms with Crippen molar-refractivity contribution < 1.29 is 9.53 Å². The second-order valence-electron chi connectivity index (χ2n) is 7.87. The Hall–Kier alpha value is -1.45. The largest absolute Gasteiger partial charge is 0.483 e. The van der Waals surface area contributed by atoms with E-state index in [1.807, 2.05) is 12.1 Å². The average Bonchev–Trinajstić information content (AvgIpc) is 2.61. The van der Waals surface area contributed by atoms with E-state index in [0.717, 1.165) is 49.0 Å². The molecule has 3 nitrogen and oxygen atoms in total. The molecular weight excluding hydrogens is 393 g/mol. The van der Waals surface area contributed by atoms with Gasteiger partial charge in [-0.15, -0.1) is 0 Å². The van der Waals surface area contributed by atoms with Gasteiger partial charge in [0.25, 0.3) is 5.91 Å². The number of carbonyl (C=O) groups is 1. The number of unbranched alkanes of at least 4 members (excludes halogenated alkanes) is 2. The third-order valence-corrected chi connectivity index (χ3v) is 5.26. The minimum absolute atomic E-state index is 0.371. The summed E-state index contributed by atoms with van der Waals surface area (Å²) in [5.74, 6) is 0.369. The number of nitrogens with one attached hydrogen (secondary N) is 1. The number of anilines is 1.